The van der Waals surface area contributed by atoms with Gasteiger partial charge in [-0.2, -0.15) is 0 Å². The summed E-state index contributed by atoms with van der Waals surface area (Å²) in [5.41, 5.74) is 0. The Morgan fingerprint density at radius 2 is 2.17 bits per heavy atom. The molecule has 0 rings (SSSR count). The van der Waals surface area contributed by atoms with Crippen molar-refractivity contribution >= 4 is 12.6 Å². The summed E-state index contributed by atoms with van der Waals surface area (Å²) in [7, 11) is 0. The fraction of sp³-hybridized carbons (Fsp3) is 1.00. The Morgan fingerprint density at radius 3 is 2.17 bits per heavy atom. The molecule has 0 bridgehead atoms. The lowest BCUT2D eigenvalue weighted by atomic mass is 10.4. The van der Waals surface area contributed by atoms with E-state index in [9.17, 15) is 0 Å². The highest BCUT2D eigenvalue weighted by molar-refractivity contribution is 7.80. The molecule has 2 nitrogen and oxygen atoms in total. The molecule has 0 aliphatic rings. The molecule has 0 saturated carbocycles. The van der Waals surface area contributed by atoms with E-state index in [-0.39, 0.29) is 12.4 Å². The summed E-state index contributed by atoms with van der Waals surface area (Å²) in [5.74, 6) is 0.219. The number of aliphatic hydroxyl groups excluding tert-OH is 2. The van der Waals surface area contributed by atoms with Crippen LogP contribution in [0.4, 0.5) is 0 Å². The van der Waals surface area contributed by atoms with Crippen molar-refractivity contribution in [3.8, 4) is 0 Å². The van der Waals surface area contributed by atoms with Crippen LogP contribution in [0.5, 0.6) is 0 Å². The van der Waals surface area contributed by atoms with Crippen LogP contribution in [-0.2, 0) is 0 Å². The van der Waals surface area contributed by atoms with Gasteiger partial charge in [0.05, 0.1) is 12.7 Å². The summed E-state index contributed by atoms with van der Waals surface area (Å²) < 4.78 is 0. The van der Waals surface area contributed by atoms with Crippen LogP contribution in [0.15, 0.2) is 0 Å². The summed E-state index contributed by atoms with van der Waals surface area (Å²) in [4.78, 5) is 0. The van der Waals surface area contributed by atoms with E-state index in [1.807, 2.05) is 0 Å². The summed E-state index contributed by atoms with van der Waals surface area (Å²) in [6.07, 6.45) is -0.694. The van der Waals surface area contributed by atoms with Gasteiger partial charge in [-0.1, -0.05) is 12.6 Å². The van der Waals surface area contributed by atoms with Crippen molar-refractivity contribution < 1.29 is 10.2 Å². The highest BCUT2D eigenvalue weighted by Crippen LogP contribution is 1.81. The Morgan fingerprint density at radius 1 is 1.67 bits per heavy atom. The molecule has 3 heteroatoms. The largest absolute Gasteiger partial charge is 0.394 e. The third-order valence-electron chi connectivity index (χ3n) is 0.403. The van der Waals surface area contributed by atoms with E-state index in [2.05, 4.69) is 12.6 Å². The molecule has 0 aliphatic heterocycles. The highest BCUT2D eigenvalue weighted by Gasteiger charge is 1.93. The van der Waals surface area contributed by atoms with Gasteiger partial charge in [-0.3, -0.25) is 0 Å². The maximum Gasteiger partial charge on any atom is 0.0869 e. The Labute approximate surface area is 42.2 Å². The standard InChI is InChI=1S/C3H7O2S/c4-1-3(5)2-6/h3-5H,1-2H2/t3-/m1/s1. The average Bonchev–Trinajstić information content (AvgIpc) is 1.65. The third kappa shape index (κ3) is 2.50. The fourth-order valence-electron chi connectivity index (χ4n) is 0.0527. The van der Waals surface area contributed by atoms with Crippen LogP contribution < -0.4 is 0 Å². The van der Waals surface area contributed by atoms with Crippen LogP contribution in [-0.4, -0.2) is 28.7 Å². The van der Waals surface area contributed by atoms with E-state index in [0.29, 0.717) is 0 Å². The van der Waals surface area contributed by atoms with Crippen LogP contribution in [0, 0.1) is 0 Å². The molecular formula is C3H7O2S. The summed E-state index contributed by atoms with van der Waals surface area (Å²) in [5, 5.41) is 16.3. The zero-order valence-electron chi connectivity index (χ0n) is 3.29. The van der Waals surface area contributed by atoms with E-state index in [4.69, 9.17) is 10.2 Å². The molecule has 0 aliphatic carbocycles. The van der Waals surface area contributed by atoms with Gasteiger partial charge in [-0.05, 0) is 0 Å². The monoisotopic (exact) mass is 107 g/mol. The maximum atomic E-state index is 8.31. The van der Waals surface area contributed by atoms with Crippen molar-refractivity contribution in [1.82, 2.24) is 0 Å². The molecule has 0 aromatic carbocycles. The lowest BCUT2D eigenvalue weighted by Crippen LogP contribution is -2.12. The Balaban J connectivity index is 2.75. The molecule has 0 heterocycles. The van der Waals surface area contributed by atoms with Crippen molar-refractivity contribution in [2.75, 3.05) is 12.4 Å². The van der Waals surface area contributed by atoms with Crippen molar-refractivity contribution in [1.29, 1.82) is 0 Å². The van der Waals surface area contributed by atoms with Crippen molar-refractivity contribution in [3.05, 3.63) is 0 Å². The molecule has 37 valence electrons. The Bertz CT molecular complexity index is 28.0. The second kappa shape index (κ2) is 3.46. The van der Waals surface area contributed by atoms with E-state index in [0.717, 1.165) is 0 Å². The Hall–Kier alpha value is 0.270. The third-order valence-corrected chi connectivity index (χ3v) is 0.788. The van der Waals surface area contributed by atoms with E-state index >= 15 is 0 Å². The Kier molecular flexibility index (Phi) is 3.62. The first-order valence-corrected chi connectivity index (χ1v) is 2.26. The van der Waals surface area contributed by atoms with E-state index in [1.165, 1.54) is 0 Å². The number of aliphatic hydroxyl groups is 2. The smallest absolute Gasteiger partial charge is 0.0869 e. The quantitative estimate of drug-likeness (QED) is 0.501. The van der Waals surface area contributed by atoms with Gasteiger partial charge in [0.1, 0.15) is 0 Å². The first-order valence-electron chi connectivity index (χ1n) is 1.68. The van der Waals surface area contributed by atoms with Gasteiger partial charge in [0.2, 0.25) is 0 Å². The normalized spacial score (nSPS) is 14.5. The SMILES string of the molecule is OC[C@@H](O)C[S]. The van der Waals surface area contributed by atoms with Gasteiger partial charge in [0, 0.05) is 5.75 Å². The second-order valence-corrected chi connectivity index (χ2v) is 1.34. The predicted molar refractivity (Wildman–Crippen MR) is 25.6 cm³/mol. The molecule has 2 N–H and O–H groups in total. The summed E-state index contributed by atoms with van der Waals surface area (Å²) in [6, 6.07) is 0. The molecule has 0 fully saturated rings. The molecule has 0 aromatic rings. The molecule has 0 saturated heterocycles. The molecule has 0 aromatic heterocycles. The van der Waals surface area contributed by atoms with Gasteiger partial charge in [-0.25, -0.2) is 0 Å². The minimum atomic E-state index is -0.694. The molecule has 1 atom stereocenters. The summed E-state index contributed by atoms with van der Waals surface area (Å²) >= 11 is 4.36. The minimum Gasteiger partial charge on any atom is -0.394 e. The zero-order chi connectivity index (χ0) is 4.99. The average molecular weight is 107 g/mol. The zero-order valence-corrected chi connectivity index (χ0v) is 4.11. The molecule has 0 unspecified atom stereocenters. The maximum absolute atomic E-state index is 8.31. The minimum absolute atomic E-state index is 0.219. The van der Waals surface area contributed by atoms with Crippen molar-refractivity contribution in [3.63, 3.8) is 0 Å². The fourth-order valence-corrected chi connectivity index (χ4v) is 0.158. The van der Waals surface area contributed by atoms with E-state index in [1.54, 1.807) is 0 Å². The topological polar surface area (TPSA) is 40.5 Å². The number of hydrogen-bond donors (Lipinski definition) is 2. The lowest BCUT2D eigenvalue weighted by Gasteiger charge is -1.96. The number of rotatable bonds is 2. The van der Waals surface area contributed by atoms with Crippen LogP contribution in [0.3, 0.4) is 0 Å². The van der Waals surface area contributed by atoms with Gasteiger partial charge in [0.15, 0.2) is 0 Å². The second-order valence-electron chi connectivity index (χ2n) is 1.00. The molecule has 6 heavy (non-hydrogen) atoms. The van der Waals surface area contributed by atoms with Gasteiger partial charge >= 0.3 is 0 Å². The van der Waals surface area contributed by atoms with Crippen LogP contribution >= 0.6 is 12.6 Å². The molecular weight excluding hydrogens is 100 g/mol. The molecule has 1 radical (unpaired) electrons. The van der Waals surface area contributed by atoms with Crippen LogP contribution in [0.1, 0.15) is 0 Å². The first kappa shape index (κ1) is 6.27. The lowest BCUT2D eigenvalue weighted by molar-refractivity contribution is 0.114. The van der Waals surface area contributed by atoms with Gasteiger partial charge in [0.25, 0.3) is 0 Å². The van der Waals surface area contributed by atoms with E-state index < -0.39 is 6.10 Å². The highest BCUT2D eigenvalue weighted by atomic mass is 32.1. The summed E-state index contributed by atoms with van der Waals surface area (Å²) in [6.45, 7) is -0.219. The van der Waals surface area contributed by atoms with Crippen molar-refractivity contribution in [2.45, 2.75) is 6.10 Å². The first-order chi connectivity index (χ1) is 2.81. The molecule has 0 spiro atoms. The van der Waals surface area contributed by atoms with Crippen LogP contribution in [0.25, 0.3) is 0 Å². The van der Waals surface area contributed by atoms with Gasteiger partial charge < -0.3 is 10.2 Å². The van der Waals surface area contributed by atoms with Crippen molar-refractivity contribution in [2.24, 2.45) is 0 Å². The number of hydrogen-bond acceptors (Lipinski definition) is 2. The predicted octanol–water partition coefficient (Wildman–Crippen LogP) is -0.463. The van der Waals surface area contributed by atoms with Gasteiger partial charge in [-0.15, -0.1) is 0 Å². The van der Waals surface area contributed by atoms with Crippen LogP contribution in [0.2, 0.25) is 0 Å². The molecule has 0 amide bonds.